The summed E-state index contributed by atoms with van der Waals surface area (Å²) in [6.45, 7) is 9.97. The molecule has 1 aromatic carbocycles. The van der Waals surface area contributed by atoms with Gasteiger partial charge in [-0.05, 0) is 59.7 Å². The summed E-state index contributed by atoms with van der Waals surface area (Å²) in [7, 11) is -2.38. The SMILES string of the molecule is Cc1nn(C)c(C)c1S(=O)(=O)Nc1cc(C(=O)OC(C)C)cc(C(=O)OC(C)C)c1. The van der Waals surface area contributed by atoms with E-state index in [1.807, 2.05) is 0 Å². The Morgan fingerprint density at radius 3 is 1.80 bits per heavy atom. The van der Waals surface area contributed by atoms with Gasteiger partial charge < -0.3 is 9.47 Å². The number of nitrogens with zero attached hydrogens (tertiary/aromatic N) is 2. The van der Waals surface area contributed by atoms with Crippen molar-refractivity contribution in [1.29, 1.82) is 0 Å². The van der Waals surface area contributed by atoms with Gasteiger partial charge in [-0.15, -0.1) is 0 Å². The molecule has 9 nitrogen and oxygen atoms in total. The maximum absolute atomic E-state index is 13.0. The van der Waals surface area contributed by atoms with E-state index in [2.05, 4.69) is 9.82 Å². The minimum absolute atomic E-state index is 0.0271. The highest BCUT2D eigenvalue weighted by Crippen LogP contribution is 2.24. The summed E-state index contributed by atoms with van der Waals surface area (Å²) in [5.74, 6) is -1.36. The molecular formula is C20H27N3O6S. The number of aryl methyl sites for hydroxylation is 2. The van der Waals surface area contributed by atoms with Crippen molar-refractivity contribution < 1.29 is 27.5 Å². The molecule has 10 heteroatoms. The van der Waals surface area contributed by atoms with Gasteiger partial charge in [0, 0.05) is 7.05 Å². The van der Waals surface area contributed by atoms with E-state index in [4.69, 9.17) is 9.47 Å². The van der Waals surface area contributed by atoms with Gasteiger partial charge in [0.1, 0.15) is 4.90 Å². The highest BCUT2D eigenvalue weighted by atomic mass is 32.2. The lowest BCUT2D eigenvalue weighted by atomic mass is 10.1. The number of carbonyl (C=O) groups is 2. The molecule has 0 bridgehead atoms. The van der Waals surface area contributed by atoms with Gasteiger partial charge in [0.05, 0.1) is 40.4 Å². The van der Waals surface area contributed by atoms with Crippen LogP contribution in [0.3, 0.4) is 0 Å². The van der Waals surface area contributed by atoms with Crippen LogP contribution < -0.4 is 4.72 Å². The maximum atomic E-state index is 13.0. The van der Waals surface area contributed by atoms with E-state index in [0.717, 1.165) is 0 Å². The molecule has 1 N–H and O–H groups in total. The summed E-state index contributed by atoms with van der Waals surface area (Å²) in [5.41, 5.74) is 0.872. The van der Waals surface area contributed by atoms with Crippen LogP contribution in [-0.2, 0) is 26.5 Å². The quantitative estimate of drug-likeness (QED) is 0.662. The molecule has 0 spiro atoms. The number of hydrogen-bond donors (Lipinski definition) is 1. The van der Waals surface area contributed by atoms with Gasteiger partial charge in [0.15, 0.2) is 0 Å². The summed E-state index contributed by atoms with van der Waals surface area (Å²) in [6.07, 6.45) is -0.769. The molecule has 0 aliphatic heterocycles. The minimum atomic E-state index is -4.02. The second-order valence-corrected chi connectivity index (χ2v) is 9.06. The number of aromatic nitrogens is 2. The van der Waals surface area contributed by atoms with E-state index in [1.165, 1.54) is 22.9 Å². The molecule has 0 aliphatic rings. The van der Waals surface area contributed by atoms with Crippen LogP contribution in [0.2, 0.25) is 0 Å². The van der Waals surface area contributed by atoms with E-state index in [1.54, 1.807) is 48.6 Å². The molecule has 0 saturated heterocycles. The highest BCUT2D eigenvalue weighted by molar-refractivity contribution is 7.92. The van der Waals surface area contributed by atoms with Crippen LogP contribution in [0.5, 0.6) is 0 Å². The van der Waals surface area contributed by atoms with Crippen molar-refractivity contribution in [2.24, 2.45) is 7.05 Å². The van der Waals surface area contributed by atoms with E-state index in [9.17, 15) is 18.0 Å². The van der Waals surface area contributed by atoms with Crippen LogP contribution in [0.15, 0.2) is 23.1 Å². The third kappa shape index (κ3) is 5.38. The van der Waals surface area contributed by atoms with Crippen molar-refractivity contribution >= 4 is 27.6 Å². The van der Waals surface area contributed by atoms with Crippen LogP contribution in [0, 0.1) is 13.8 Å². The molecule has 1 aromatic heterocycles. The molecule has 0 unspecified atom stereocenters. The first-order valence-electron chi connectivity index (χ1n) is 9.42. The summed E-state index contributed by atoms with van der Waals surface area (Å²) >= 11 is 0. The van der Waals surface area contributed by atoms with Gasteiger partial charge in [-0.1, -0.05) is 0 Å². The Bertz CT molecular complexity index is 1030. The van der Waals surface area contributed by atoms with Crippen molar-refractivity contribution in [1.82, 2.24) is 9.78 Å². The average molecular weight is 438 g/mol. The maximum Gasteiger partial charge on any atom is 0.338 e. The lowest BCUT2D eigenvalue weighted by Crippen LogP contribution is -2.18. The Kier molecular flexibility index (Phi) is 6.91. The van der Waals surface area contributed by atoms with Crippen molar-refractivity contribution in [3.63, 3.8) is 0 Å². The predicted octanol–water partition coefficient (Wildman–Crippen LogP) is 2.97. The second-order valence-electron chi connectivity index (χ2n) is 7.44. The number of anilines is 1. The topological polar surface area (TPSA) is 117 Å². The Labute approximate surface area is 176 Å². The van der Waals surface area contributed by atoms with E-state index in [0.29, 0.717) is 11.4 Å². The van der Waals surface area contributed by atoms with Gasteiger partial charge in [-0.3, -0.25) is 9.40 Å². The standard InChI is InChI=1S/C20H27N3O6S/c1-11(2)28-19(24)15-8-16(20(25)29-12(3)4)10-17(9-15)22-30(26,27)18-13(5)21-23(7)14(18)6/h8-12,22H,1-7H3. The normalized spacial score (nSPS) is 11.6. The van der Waals surface area contributed by atoms with Gasteiger partial charge in [-0.25, -0.2) is 18.0 Å². The Balaban J connectivity index is 2.52. The summed E-state index contributed by atoms with van der Waals surface area (Å²) in [6, 6.07) is 3.94. The highest BCUT2D eigenvalue weighted by Gasteiger charge is 2.25. The molecule has 30 heavy (non-hydrogen) atoms. The number of hydrogen-bond acceptors (Lipinski definition) is 7. The number of sulfonamides is 1. The molecule has 2 aromatic rings. The third-order valence-electron chi connectivity index (χ3n) is 4.05. The van der Waals surface area contributed by atoms with Crippen LogP contribution in [0.25, 0.3) is 0 Å². The number of benzene rings is 1. The smallest absolute Gasteiger partial charge is 0.338 e. The first kappa shape index (κ1) is 23.4. The minimum Gasteiger partial charge on any atom is -0.459 e. The van der Waals surface area contributed by atoms with Crippen LogP contribution in [-0.4, -0.2) is 42.3 Å². The fourth-order valence-corrected chi connectivity index (χ4v) is 4.32. The first-order valence-corrected chi connectivity index (χ1v) is 10.9. The zero-order chi connectivity index (χ0) is 22.8. The van der Waals surface area contributed by atoms with Gasteiger partial charge in [-0.2, -0.15) is 5.10 Å². The average Bonchev–Trinajstić information content (AvgIpc) is 2.85. The fraction of sp³-hybridized carbons (Fsp3) is 0.450. The Morgan fingerprint density at radius 1 is 0.967 bits per heavy atom. The lowest BCUT2D eigenvalue weighted by molar-refractivity contribution is 0.0377. The summed E-state index contributed by atoms with van der Waals surface area (Å²) in [4.78, 5) is 24.8. The lowest BCUT2D eigenvalue weighted by Gasteiger charge is -2.14. The monoisotopic (exact) mass is 437 g/mol. The van der Waals surface area contributed by atoms with E-state index >= 15 is 0 Å². The van der Waals surface area contributed by atoms with Gasteiger partial charge in [0.25, 0.3) is 10.0 Å². The largest absolute Gasteiger partial charge is 0.459 e. The molecule has 0 amide bonds. The van der Waals surface area contributed by atoms with E-state index in [-0.39, 0.29) is 33.9 Å². The second kappa shape index (κ2) is 8.86. The van der Waals surface area contributed by atoms with Crippen LogP contribution in [0.1, 0.15) is 59.8 Å². The predicted molar refractivity (Wildman–Crippen MR) is 111 cm³/mol. The first-order chi connectivity index (χ1) is 13.8. The number of rotatable bonds is 7. The molecular weight excluding hydrogens is 410 g/mol. The molecule has 2 rings (SSSR count). The molecule has 0 atom stereocenters. The molecule has 164 valence electrons. The van der Waals surface area contributed by atoms with Crippen molar-refractivity contribution in [3.05, 3.63) is 40.7 Å². The number of ether oxygens (including phenoxy) is 2. The van der Waals surface area contributed by atoms with Crippen LogP contribution in [0.4, 0.5) is 5.69 Å². The van der Waals surface area contributed by atoms with Crippen LogP contribution >= 0.6 is 0 Å². The van der Waals surface area contributed by atoms with Crippen molar-refractivity contribution in [3.8, 4) is 0 Å². The zero-order valence-electron chi connectivity index (χ0n) is 18.1. The molecule has 0 fully saturated rings. The van der Waals surface area contributed by atoms with Crippen molar-refractivity contribution in [2.45, 2.75) is 58.6 Å². The Morgan fingerprint density at radius 2 is 1.43 bits per heavy atom. The van der Waals surface area contributed by atoms with Gasteiger partial charge >= 0.3 is 11.9 Å². The zero-order valence-corrected chi connectivity index (χ0v) is 19.0. The molecule has 0 saturated carbocycles. The Hall–Kier alpha value is -2.88. The number of esters is 2. The molecule has 0 aliphatic carbocycles. The molecule has 0 radical (unpaired) electrons. The summed E-state index contributed by atoms with van der Waals surface area (Å²) in [5, 5.41) is 4.12. The summed E-state index contributed by atoms with van der Waals surface area (Å²) < 4.78 is 40.2. The number of nitrogens with one attached hydrogen (secondary N) is 1. The van der Waals surface area contributed by atoms with E-state index < -0.39 is 22.0 Å². The van der Waals surface area contributed by atoms with Gasteiger partial charge in [0.2, 0.25) is 0 Å². The number of carbonyl (C=O) groups excluding carboxylic acids is 2. The third-order valence-corrected chi connectivity index (χ3v) is 5.69. The fourth-order valence-electron chi connectivity index (χ4n) is 2.84. The van der Waals surface area contributed by atoms with Crippen molar-refractivity contribution in [2.75, 3.05) is 4.72 Å². The molecule has 1 heterocycles.